The maximum Gasteiger partial charge on any atom is 0.294 e. The maximum atomic E-state index is 13.0. The highest BCUT2D eigenvalue weighted by atomic mass is 35.5. The van der Waals surface area contributed by atoms with Gasteiger partial charge in [0.05, 0.1) is 9.71 Å². The van der Waals surface area contributed by atoms with E-state index in [0.29, 0.717) is 16.2 Å². The summed E-state index contributed by atoms with van der Waals surface area (Å²) >= 11 is 7.58. The SMILES string of the molecule is Cc1ccc(-c2nn(CC(=O)NCc3ccccc3Cl)c(=O)c3nc(C)sc23)c(C)c1. The van der Waals surface area contributed by atoms with Crippen molar-refractivity contribution in [3.8, 4) is 11.3 Å². The molecule has 0 bridgehead atoms. The van der Waals surface area contributed by atoms with Gasteiger partial charge in [-0.1, -0.05) is 53.6 Å². The zero-order chi connectivity index (χ0) is 22.1. The van der Waals surface area contributed by atoms with E-state index < -0.39 is 0 Å². The van der Waals surface area contributed by atoms with Crippen LogP contribution in [-0.2, 0) is 17.9 Å². The number of thiazole rings is 1. The van der Waals surface area contributed by atoms with Crippen molar-refractivity contribution in [2.45, 2.75) is 33.9 Å². The minimum atomic E-state index is -0.374. The molecule has 6 nitrogen and oxygen atoms in total. The lowest BCUT2D eigenvalue weighted by atomic mass is 10.0. The fourth-order valence-corrected chi connectivity index (χ4v) is 4.57. The Labute approximate surface area is 188 Å². The summed E-state index contributed by atoms with van der Waals surface area (Å²) in [7, 11) is 0. The van der Waals surface area contributed by atoms with Gasteiger partial charge < -0.3 is 5.32 Å². The Hall–Kier alpha value is -3.03. The summed E-state index contributed by atoms with van der Waals surface area (Å²) in [5, 5.41) is 8.74. The molecule has 0 unspecified atom stereocenters. The first-order valence-electron chi connectivity index (χ1n) is 9.79. The lowest BCUT2D eigenvalue weighted by Crippen LogP contribution is -2.33. The summed E-state index contributed by atoms with van der Waals surface area (Å²) < 4.78 is 1.93. The molecule has 0 saturated heterocycles. The zero-order valence-electron chi connectivity index (χ0n) is 17.4. The molecule has 31 heavy (non-hydrogen) atoms. The van der Waals surface area contributed by atoms with Gasteiger partial charge >= 0.3 is 0 Å². The van der Waals surface area contributed by atoms with E-state index in [2.05, 4.69) is 21.5 Å². The third-order valence-corrected chi connectivity index (χ3v) is 6.32. The van der Waals surface area contributed by atoms with Gasteiger partial charge in [0.1, 0.15) is 12.2 Å². The van der Waals surface area contributed by atoms with Gasteiger partial charge in [-0.05, 0) is 38.0 Å². The average molecular weight is 453 g/mol. The van der Waals surface area contributed by atoms with Crippen molar-refractivity contribution in [3.63, 3.8) is 0 Å². The molecular formula is C23H21ClN4O2S. The number of nitrogens with one attached hydrogen (secondary N) is 1. The van der Waals surface area contributed by atoms with Crippen LogP contribution in [0.25, 0.3) is 21.5 Å². The van der Waals surface area contributed by atoms with E-state index >= 15 is 0 Å². The highest BCUT2D eigenvalue weighted by Gasteiger charge is 2.19. The van der Waals surface area contributed by atoms with Gasteiger partial charge in [-0.25, -0.2) is 9.67 Å². The molecule has 4 aromatic rings. The molecule has 0 spiro atoms. The van der Waals surface area contributed by atoms with Crippen LogP contribution in [-0.4, -0.2) is 20.7 Å². The van der Waals surface area contributed by atoms with E-state index in [1.165, 1.54) is 16.0 Å². The van der Waals surface area contributed by atoms with Gasteiger partial charge in [-0.2, -0.15) is 5.10 Å². The minimum Gasteiger partial charge on any atom is -0.350 e. The molecule has 0 saturated carbocycles. The molecule has 0 radical (unpaired) electrons. The second kappa shape index (κ2) is 8.61. The first-order valence-corrected chi connectivity index (χ1v) is 11.0. The third-order valence-electron chi connectivity index (χ3n) is 4.97. The van der Waals surface area contributed by atoms with Crippen LogP contribution in [0.5, 0.6) is 0 Å². The van der Waals surface area contributed by atoms with Gasteiger partial charge in [-0.15, -0.1) is 11.3 Å². The smallest absolute Gasteiger partial charge is 0.294 e. The number of aryl methyl sites for hydroxylation is 3. The van der Waals surface area contributed by atoms with Gasteiger partial charge in [0.15, 0.2) is 5.52 Å². The Morgan fingerprint density at radius 1 is 1.16 bits per heavy atom. The van der Waals surface area contributed by atoms with Crippen molar-refractivity contribution in [1.82, 2.24) is 20.1 Å². The number of carbonyl (C=O) groups is 1. The first-order chi connectivity index (χ1) is 14.8. The fourth-order valence-electron chi connectivity index (χ4n) is 3.46. The number of aromatic nitrogens is 3. The molecule has 4 rings (SSSR count). The van der Waals surface area contributed by atoms with E-state index in [1.54, 1.807) is 6.07 Å². The molecule has 1 amide bonds. The van der Waals surface area contributed by atoms with Crippen LogP contribution in [0.4, 0.5) is 0 Å². The van der Waals surface area contributed by atoms with Gasteiger partial charge in [-0.3, -0.25) is 9.59 Å². The zero-order valence-corrected chi connectivity index (χ0v) is 19.0. The van der Waals surface area contributed by atoms with E-state index in [0.717, 1.165) is 32.0 Å². The van der Waals surface area contributed by atoms with Crippen molar-refractivity contribution in [1.29, 1.82) is 0 Å². The number of carbonyl (C=O) groups excluding carboxylic acids is 1. The average Bonchev–Trinajstić information content (AvgIpc) is 3.12. The molecular weight excluding hydrogens is 432 g/mol. The van der Waals surface area contributed by atoms with Crippen molar-refractivity contribution in [2.24, 2.45) is 0 Å². The minimum absolute atomic E-state index is 0.201. The highest BCUT2D eigenvalue weighted by Crippen LogP contribution is 2.31. The summed E-state index contributed by atoms with van der Waals surface area (Å²) in [6.07, 6.45) is 0. The Bertz CT molecular complexity index is 1360. The van der Waals surface area contributed by atoms with E-state index in [1.807, 2.05) is 51.1 Å². The number of halogens is 1. The van der Waals surface area contributed by atoms with E-state index in [9.17, 15) is 9.59 Å². The molecule has 0 fully saturated rings. The summed E-state index contributed by atoms with van der Waals surface area (Å²) in [6.45, 7) is 5.97. The number of rotatable bonds is 5. The number of fused-ring (bicyclic) bond motifs is 1. The summed E-state index contributed by atoms with van der Waals surface area (Å²) in [5.41, 5.74) is 4.55. The predicted octanol–water partition coefficient (Wildman–Crippen LogP) is 4.42. The molecule has 158 valence electrons. The lowest BCUT2D eigenvalue weighted by molar-refractivity contribution is -0.122. The van der Waals surface area contributed by atoms with Crippen LogP contribution in [0.1, 0.15) is 21.7 Å². The van der Waals surface area contributed by atoms with Crippen molar-refractivity contribution >= 4 is 39.1 Å². The van der Waals surface area contributed by atoms with Crippen LogP contribution in [0, 0.1) is 20.8 Å². The van der Waals surface area contributed by atoms with Gasteiger partial charge in [0.2, 0.25) is 5.91 Å². The second-order valence-electron chi connectivity index (χ2n) is 7.41. The fraction of sp³-hybridized carbons (Fsp3) is 0.217. The number of benzene rings is 2. The number of nitrogens with zero attached hydrogens (tertiary/aromatic N) is 3. The van der Waals surface area contributed by atoms with E-state index in [4.69, 9.17) is 11.6 Å². The van der Waals surface area contributed by atoms with Gasteiger partial charge in [0, 0.05) is 17.1 Å². The van der Waals surface area contributed by atoms with Crippen LogP contribution < -0.4 is 10.9 Å². The second-order valence-corrected chi connectivity index (χ2v) is 9.02. The molecule has 0 atom stereocenters. The van der Waals surface area contributed by atoms with Crippen LogP contribution in [0.15, 0.2) is 47.3 Å². The lowest BCUT2D eigenvalue weighted by Gasteiger charge is -2.11. The highest BCUT2D eigenvalue weighted by molar-refractivity contribution is 7.19. The van der Waals surface area contributed by atoms with Crippen LogP contribution in [0.3, 0.4) is 0 Å². The normalized spacial score (nSPS) is 11.1. The summed E-state index contributed by atoms with van der Waals surface area (Å²) in [5.74, 6) is -0.326. The van der Waals surface area contributed by atoms with E-state index in [-0.39, 0.29) is 24.6 Å². The number of hydrogen-bond donors (Lipinski definition) is 1. The molecule has 8 heteroatoms. The molecule has 0 aliphatic heterocycles. The third kappa shape index (κ3) is 4.38. The Morgan fingerprint density at radius 3 is 2.68 bits per heavy atom. The Balaban J connectivity index is 1.69. The molecule has 2 aromatic heterocycles. The summed E-state index contributed by atoms with van der Waals surface area (Å²) in [6, 6.07) is 13.4. The topological polar surface area (TPSA) is 76.9 Å². The molecule has 0 aliphatic rings. The molecule has 0 aliphatic carbocycles. The largest absolute Gasteiger partial charge is 0.350 e. The monoisotopic (exact) mass is 452 g/mol. The van der Waals surface area contributed by atoms with Crippen LogP contribution >= 0.6 is 22.9 Å². The van der Waals surface area contributed by atoms with Crippen molar-refractivity contribution < 1.29 is 4.79 Å². The first kappa shape index (κ1) is 21.2. The van der Waals surface area contributed by atoms with Crippen molar-refractivity contribution in [2.75, 3.05) is 0 Å². The predicted molar refractivity (Wildman–Crippen MR) is 125 cm³/mol. The quantitative estimate of drug-likeness (QED) is 0.486. The number of hydrogen-bond acceptors (Lipinski definition) is 5. The van der Waals surface area contributed by atoms with Gasteiger partial charge in [0.25, 0.3) is 5.56 Å². The molecule has 2 heterocycles. The summed E-state index contributed by atoms with van der Waals surface area (Å²) in [4.78, 5) is 30.0. The Morgan fingerprint density at radius 2 is 1.94 bits per heavy atom. The molecule has 1 N–H and O–H groups in total. The van der Waals surface area contributed by atoms with Crippen LogP contribution in [0.2, 0.25) is 5.02 Å². The standard InChI is InChI=1S/C23H21ClN4O2S/c1-13-8-9-17(14(2)10-13)20-22-21(26-15(3)31-22)23(30)28(27-20)12-19(29)25-11-16-6-4-5-7-18(16)24/h4-10H,11-12H2,1-3H3,(H,25,29). The number of amides is 1. The van der Waals surface area contributed by atoms with Crippen molar-refractivity contribution in [3.05, 3.63) is 79.5 Å². The maximum absolute atomic E-state index is 13.0. The Kier molecular flexibility index (Phi) is 5.89. The molecule has 2 aromatic carbocycles.